The molecule has 0 aliphatic rings. The standard InChI is InChI=1S/C16H25NO2.ClH/c1-5-11-17(14-9-7-6-8-10-14)15(12-13(2)3)16(18)19-4;/h6-10,13,15H,5,11-12H2,1-4H3;1H/t15-;/m0./s1. The highest BCUT2D eigenvalue weighted by atomic mass is 35.5. The fourth-order valence-electron chi connectivity index (χ4n) is 2.26. The SMILES string of the molecule is CCCN(c1ccccc1)[C@@H](CC(C)C)C(=O)OC.Cl. The Morgan fingerprint density at radius 1 is 1.25 bits per heavy atom. The molecule has 0 aliphatic carbocycles. The fraction of sp³-hybridized carbons (Fsp3) is 0.562. The Morgan fingerprint density at radius 2 is 1.85 bits per heavy atom. The molecule has 0 saturated heterocycles. The summed E-state index contributed by atoms with van der Waals surface area (Å²) in [6, 6.07) is 9.89. The van der Waals surface area contributed by atoms with E-state index in [2.05, 4.69) is 25.7 Å². The Bertz CT molecular complexity index is 381. The van der Waals surface area contributed by atoms with Gasteiger partial charge in [0.2, 0.25) is 0 Å². The van der Waals surface area contributed by atoms with Crippen molar-refractivity contribution in [2.24, 2.45) is 5.92 Å². The zero-order valence-corrected chi connectivity index (χ0v) is 13.7. The van der Waals surface area contributed by atoms with Crippen LogP contribution in [0.1, 0.15) is 33.6 Å². The number of benzene rings is 1. The van der Waals surface area contributed by atoms with Gasteiger partial charge in [-0.05, 0) is 30.9 Å². The van der Waals surface area contributed by atoms with Crippen LogP contribution in [0.15, 0.2) is 30.3 Å². The van der Waals surface area contributed by atoms with Crippen LogP contribution in [0, 0.1) is 5.92 Å². The number of esters is 1. The number of carbonyl (C=O) groups is 1. The van der Waals surface area contributed by atoms with Crippen molar-refractivity contribution in [2.75, 3.05) is 18.6 Å². The summed E-state index contributed by atoms with van der Waals surface area (Å²) in [7, 11) is 1.46. The lowest BCUT2D eigenvalue weighted by atomic mass is 10.0. The normalized spacial score (nSPS) is 11.7. The van der Waals surface area contributed by atoms with Gasteiger partial charge in [0.15, 0.2) is 0 Å². The summed E-state index contributed by atoms with van der Waals surface area (Å²) in [6.45, 7) is 7.24. The molecular weight excluding hydrogens is 274 g/mol. The van der Waals surface area contributed by atoms with Crippen molar-refractivity contribution in [3.63, 3.8) is 0 Å². The van der Waals surface area contributed by atoms with Crippen LogP contribution in [-0.2, 0) is 9.53 Å². The van der Waals surface area contributed by atoms with Gasteiger partial charge in [-0.15, -0.1) is 12.4 Å². The number of hydrogen-bond acceptors (Lipinski definition) is 3. The molecule has 1 aromatic carbocycles. The van der Waals surface area contributed by atoms with Crippen LogP contribution in [0.4, 0.5) is 5.69 Å². The van der Waals surface area contributed by atoms with Crippen LogP contribution in [-0.4, -0.2) is 25.7 Å². The van der Waals surface area contributed by atoms with Gasteiger partial charge in [-0.1, -0.05) is 39.0 Å². The number of carbonyl (C=O) groups excluding carboxylic acids is 1. The predicted octanol–water partition coefficient (Wildman–Crippen LogP) is 3.91. The zero-order valence-electron chi connectivity index (χ0n) is 12.8. The molecule has 1 aromatic rings. The van der Waals surface area contributed by atoms with Gasteiger partial charge in [0.05, 0.1) is 7.11 Å². The molecule has 0 saturated carbocycles. The molecular formula is C16H26ClNO2. The number of rotatable bonds is 7. The minimum Gasteiger partial charge on any atom is -0.467 e. The van der Waals surface area contributed by atoms with E-state index in [1.54, 1.807) is 0 Å². The van der Waals surface area contributed by atoms with Crippen LogP contribution in [0.3, 0.4) is 0 Å². The zero-order chi connectivity index (χ0) is 14.3. The topological polar surface area (TPSA) is 29.5 Å². The fourth-order valence-corrected chi connectivity index (χ4v) is 2.26. The van der Waals surface area contributed by atoms with Gasteiger partial charge in [-0.3, -0.25) is 0 Å². The molecule has 0 unspecified atom stereocenters. The van der Waals surface area contributed by atoms with Crippen molar-refractivity contribution < 1.29 is 9.53 Å². The van der Waals surface area contributed by atoms with Gasteiger partial charge in [0, 0.05) is 12.2 Å². The second kappa shape index (κ2) is 9.65. The molecule has 0 aliphatic heterocycles. The smallest absolute Gasteiger partial charge is 0.328 e. The van der Waals surface area contributed by atoms with E-state index in [0.29, 0.717) is 5.92 Å². The molecule has 4 heteroatoms. The molecule has 114 valence electrons. The number of nitrogens with zero attached hydrogens (tertiary/aromatic N) is 1. The Kier molecular flexibility index (Phi) is 9.06. The maximum absolute atomic E-state index is 12.1. The van der Waals surface area contributed by atoms with Gasteiger partial charge >= 0.3 is 5.97 Å². The average Bonchev–Trinajstić information content (AvgIpc) is 2.42. The van der Waals surface area contributed by atoms with Gasteiger partial charge in [0.25, 0.3) is 0 Å². The first-order valence-corrected chi connectivity index (χ1v) is 6.99. The Morgan fingerprint density at radius 3 is 2.30 bits per heavy atom. The summed E-state index contributed by atoms with van der Waals surface area (Å²) in [5.41, 5.74) is 1.08. The number of halogens is 1. The molecule has 0 aromatic heterocycles. The average molecular weight is 300 g/mol. The third-order valence-corrected chi connectivity index (χ3v) is 3.10. The van der Waals surface area contributed by atoms with E-state index >= 15 is 0 Å². The van der Waals surface area contributed by atoms with Gasteiger partial charge in [0.1, 0.15) is 6.04 Å². The van der Waals surface area contributed by atoms with E-state index in [4.69, 9.17) is 4.74 Å². The molecule has 0 bridgehead atoms. The van der Waals surface area contributed by atoms with Crippen molar-refractivity contribution >= 4 is 24.1 Å². The maximum Gasteiger partial charge on any atom is 0.328 e. The van der Waals surface area contributed by atoms with Crippen LogP contribution in [0.5, 0.6) is 0 Å². The van der Waals surface area contributed by atoms with Crippen molar-refractivity contribution in [1.82, 2.24) is 0 Å². The van der Waals surface area contributed by atoms with Gasteiger partial charge in [-0.25, -0.2) is 4.79 Å². The summed E-state index contributed by atoms with van der Waals surface area (Å²) >= 11 is 0. The quantitative estimate of drug-likeness (QED) is 0.715. The molecule has 0 amide bonds. The number of para-hydroxylation sites is 1. The van der Waals surface area contributed by atoms with Crippen molar-refractivity contribution in [1.29, 1.82) is 0 Å². The maximum atomic E-state index is 12.1. The molecule has 0 radical (unpaired) electrons. The molecule has 20 heavy (non-hydrogen) atoms. The van der Waals surface area contributed by atoms with Gasteiger partial charge in [-0.2, -0.15) is 0 Å². The van der Waals surface area contributed by atoms with Crippen LogP contribution < -0.4 is 4.90 Å². The van der Waals surface area contributed by atoms with Crippen LogP contribution >= 0.6 is 12.4 Å². The molecule has 3 nitrogen and oxygen atoms in total. The van der Waals surface area contributed by atoms with E-state index in [-0.39, 0.29) is 24.4 Å². The van der Waals surface area contributed by atoms with Crippen molar-refractivity contribution in [3.05, 3.63) is 30.3 Å². The molecule has 0 fully saturated rings. The second-order valence-electron chi connectivity index (χ2n) is 5.20. The third kappa shape index (κ3) is 5.41. The number of hydrogen-bond donors (Lipinski definition) is 0. The van der Waals surface area contributed by atoms with E-state index in [9.17, 15) is 4.79 Å². The number of methoxy groups -OCH3 is 1. The molecule has 0 spiro atoms. The van der Waals surface area contributed by atoms with Crippen LogP contribution in [0.2, 0.25) is 0 Å². The lowest BCUT2D eigenvalue weighted by molar-refractivity contribution is -0.142. The van der Waals surface area contributed by atoms with E-state index in [1.807, 2.05) is 30.3 Å². The number of ether oxygens (including phenoxy) is 1. The summed E-state index contributed by atoms with van der Waals surface area (Å²) in [5.74, 6) is 0.304. The first-order chi connectivity index (χ1) is 9.10. The Hall–Kier alpha value is -1.22. The highest BCUT2D eigenvalue weighted by molar-refractivity contribution is 5.85. The molecule has 0 heterocycles. The largest absolute Gasteiger partial charge is 0.467 e. The third-order valence-electron chi connectivity index (χ3n) is 3.10. The highest BCUT2D eigenvalue weighted by Gasteiger charge is 2.27. The first-order valence-electron chi connectivity index (χ1n) is 6.99. The van der Waals surface area contributed by atoms with E-state index in [0.717, 1.165) is 25.1 Å². The summed E-state index contributed by atoms with van der Waals surface area (Å²) < 4.78 is 4.98. The minimum atomic E-state index is -0.202. The summed E-state index contributed by atoms with van der Waals surface area (Å²) in [4.78, 5) is 14.2. The lowest BCUT2D eigenvalue weighted by Crippen LogP contribution is -2.43. The molecule has 1 rings (SSSR count). The van der Waals surface area contributed by atoms with Gasteiger partial charge < -0.3 is 9.64 Å². The van der Waals surface area contributed by atoms with E-state index in [1.165, 1.54) is 7.11 Å². The molecule has 0 N–H and O–H groups in total. The molecule has 1 atom stereocenters. The first kappa shape index (κ1) is 18.8. The second-order valence-corrected chi connectivity index (χ2v) is 5.20. The Labute approximate surface area is 128 Å². The summed E-state index contributed by atoms with van der Waals surface area (Å²) in [5, 5.41) is 0. The van der Waals surface area contributed by atoms with Crippen LogP contribution in [0.25, 0.3) is 0 Å². The highest BCUT2D eigenvalue weighted by Crippen LogP contribution is 2.22. The number of anilines is 1. The minimum absolute atomic E-state index is 0. The van der Waals surface area contributed by atoms with Crippen molar-refractivity contribution in [2.45, 2.75) is 39.7 Å². The monoisotopic (exact) mass is 299 g/mol. The van der Waals surface area contributed by atoms with Crippen molar-refractivity contribution in [3.8, 4) is 0 Å². The van der Waals surface area contributed by atoms with E-state index < -0.39 is 0 Å². The predicted molar refractivity (Wildman–Crippen MR) is 86.6 cm³/mol. The lowest BCUT2D eigenvalue weighted by Gasteiger charge is -2.32. The Balaban J connectivity index is 0.00000361. The summed E-state index contributed by atoms with van der Waals surface area (Å²) in [6.07, 6.45) is 1.81.